The Bertz CT molecular complexity index is 481. The van der Waals surface area contributed by atoms with Crippen molar-refractivity contribution < 1.29 is 14.3 Å². The smallest absolute Gasteiger partial charge is 0.306 e. The maximum atomic E-state index is 11.6. The number of carbonyl (C=O) groups is 2. The van der Waals surface area contributed by atoms with E-state index in [1.165, 1.54) is 12.7 Å². The highest BCUT2D eigenvalue weighted by molar-refractivity contribution is 5.81. The van der Waals surface area contributed by atoms with Crippen molar-refractivity contribution >= 4 is 11.9 Å². The Hall–Kier alpha value is -1.84. The first-order valence-corrected chi connectivity index (χ1v) is 6.87. The summed E-state index contributed by atoms with van der Waals surface area (Å²) >= 11 is 0. The molecule has 4 nitrogen and oxygen atoms in total. The molecule has 0 aliphatic rings. The first kappa shape index (κ1) is 16.2. The quantitative estimate of drug-likeness (QED) is 0.813. The van der Waals surface area contributed by atoms with E-state index in [0.29, 0.717) is 12.5 Å². The number of hydrogen-bond acceptors (Lipinski definition) is 3. The molecular formula is C16H23NO3. The zero-order chi connectivity index (χ0) is 15.1. The third-order valence-electron chi connectivity index (χ3n) is 3.30. The van der Waals surface area contributed by atoms with Gasteiger partial charge < -0.3 is 10.1 Å². The minimum absolute atomic E-state index is 0.118. The van der Waals surface area contributed by atoms with Crippen LogP contribution in [0.25, 0.3) is 0 Å². The normalized spacial score (nSPS) is 10.4. The average molecular weight is 277 g/mol. The van der Waals surface area contributed by atoms with E-state index in [1.807, 2.05) is 6.92 Å². The summed E-state index contributed by atoms with van der Waals surface area (Å²) < 4.78 is 4.51. The summed E-state index contributed by atoms with van der Waals surface area (Å²) in [6, 6.07) is 6.31. The van der Waals surface area contributed by atoms with Crippen molar-refractivity contribution in [2.75, 3.05) is 7.11 Å². The Kier molecular flexibility index (Phi) is 6.22. The first-order valence-electron chi connectivity index (χ1n) is 6.87. The van der Waals surface area contributed by atoms with E-state index in [4.69, 9.17) is 0 Å². The standard InChI is InChI=1S/C16H23NO3/c1-11(2)13-6-5-12(3)14(9-13)10-17-15(18)7-8-16(19)20-4/h5-6,9,11H,7-8,10H2,1-4H3,(H,17,18). The van der Waals surface area contributed by atoms with E-state index in [-0.39, 0.29) is 24.7 Å². The Balaban J connectivity index is 2.54. The van der Waals surface area contributed by atoms with Crippen LogP contribution in [-0.2, 0) is 20.9 Å². The van der Waals surface area contributed by atoms with Crippen LogP contribution in [0.2, 0.25) is 0 Å². The molecule has 20 heavy (non-hydrogen) atoms. The Morgan fingerprint density at radius 2 is 1.95 bits per heavy atom. The fourth-order valence-electron chi connectivity index (χ4n) is 1.84. The molecule has 0 saturated carbocycles. The van der Waals surface area contributed by atoms with Crippen molar-refractivity contribution in [1.29, 1.82) is 0 Å². The van der Waals surface area contributed by atoms with Crippen molar-refractivity contribution in [3.63, 3.8) is 0 Å². The number of methoxy groups -OCH3 is 1. The molecule has 0 heterocycles. The highest BCUT2D eigenvalue weighted by atomic mass is 16.5. The molecule has 0 aliphatic carbocycles. The largest absolute Gasteiger partial charge is 0.469 e. The predicted octanol–water partition coefficient (Wildman–Crippen LogP) is 2.69. The monoisotopic (exact) mass is 277 g/mol. The van der Waals surface area contributed by atoms with Gasteiger partial charge in [-0.15, -0.1) is 0 Å². The van der Waals surface area contributed by atoms with Crippen LogP contribution in [0.1, 0.15) is 49.3 Å². The van der Waals surface area contributed by atoms with Gasteiger partial charge >= 0.3 is 5.97 Å². The molecule has 0 unspecified atom stereocenters. The number of benzene rings is 1. The summed E-state index contributed by atoms with van der Waals surface area (Å²) in [7, 11) is 1.32. The maximum Gasteiger partial charge on any atom is 0.306 e. The zero-order valence-corrected chi connectivity index (χ0v) is 12.7. The number of esters is 1. The second-order valence-corrected chi connectivity index (χ2v) is 5.19. The molecule has 1 aromatic rings. The third kappa shape index (κ3) is 5.03. The van der Waals surface area contributed by atoms with Crippen LogP contribution in [0.4, 0.5) is 0 Å². The van der Waals surface area contributed by atoms with Crippen molar-refractivity contribution in [3.8, 4) is 0 Å². The highest BCUT2D eigenvalue weighted by Crippen LogP contribution is 2.18. The fourth-order valence-corrected chi connectivity index (χ4v) is 1.84. The molecule has 0 radical (unpaired) electrons. The van der Waals surface area contributed by atoms with E-state index < -0.39 is 0 Å². The van der Waals surface area contributed by atoms with Gasteiger partial charge in [0.25, 0.3) is 0 Å². The van der Waals surface area contributed by atoms with Gasteiger partial charge in [-0.2, -0.15) is 0 Å². The van der Waals surface area contributed by atoms with E-state index in [9.17, 15) is 9.59 Å². The summed E-state index contributed by atoms with van der Waals surface area (Å²) in [4.78, 5) is 22.6. The molecule has 1 N–H and O–H groups in total. The lowest BCUT2D eigenvalue weighted by Gasteiger charge is -2.12. The minimum Gasteiger partial charge on any atom is -0.469 e. The topological polar surface area (TPSA) is 55.4 Å². The number of amides is 1. The number of ether oxygens (including phenoxy) is 1. The van der Waals surface area contributed by atoms with Gasteiger partial charge in [0.1, 0.15) is 0 Å². The molecule has 0 aliphatic heterocycles. The van der Waals surface area contributed by atoms with Gasteiger partial charge in [0.15, 0.2) is 0 Å². The van der Waals surface area contributed by atoms with Crippen molar-refractivity contribution in [2.45, 2.75) is 46.1 Å². The molecule has 0 bridgehead atoms. The third-order valence-corrected chi connectivity index (χ3v) is 3.30. The van der Waals surface area contributed by atoms with E-state index >= 15 is 0 Å². The van der Waals surface area contributed by atoms with Crippen molar-refractivity contribution in [2.24, 2.45) is 0 Å². The summed E-state index contributed by atoms with van der Waals surface area (Å²) in [5, 5.41) is 2.84. The lowest BCUT2D eigenvalue weighted by Crippen LogP contribution is -2.24. The lowest BCUT2D eigenvalue weighted by molar-refractivity contribution is -0.142. The molecule has 0 spiro atoms. The van der Waals surface area contributed by atoms with Crippen LogP contribution in [0, 0.1) is 6.92 Å². The average Bonchev–Trinajstić information content (AvgIpc) is 2.43. The van der Waals surface area contributed by atoms with Gasteiger partial charge in [-0.3, -0.25) is 9.59 Å². The van der Waals surface area contributed by atoms with Crippen molar-refractivity contribution in [3.05, 3.63) is 34.9 Å². The second-order valence-electron chi connectivity index (χ2n) is 5.19. The first-order chi connectivity index (χ1) is 9.43. The molecule has 110 valence electrons. The van der Waals surface area contributed by atoms with Crippen LogP contribution in [0.3, 0.4) is 0 Å². The van der Waals surface area contributed by atoms with E-state index in [1.54, 1.807) is 0 Å². The maximum absolute atomic E-state index is 11.6. The number of rotatable bonds is 6. The molecule has 1 aromatic carbocycles. The number of carbonyl (C=O) groups excluding carboxylic acids is 2. The van der Waals surface area contributed by atoms with Crippen LogP contribution in [0.5, 0.6) is 0 Å². The molecule has 1 amide bonds. The minimum atomic E-state index is -0.363. The number of aryl methyl sites for hydroxylation is 1. The zero-order valence-electron chi connectivity index (χ0n) is 12.7. The summed E-state index contributed by atoms with van der Waals surface area (Å²) in [5.74, 6) is -0.0349. The molecule has 4 heteroatoms. The summed E-state index contributed by atoms with van der Waals surface area (Å²) in [6.07, 6.45) is 0.281. The number of nitrogens with one attached hydrogen (secondary N) is 1. The van der Waals surface area contributed by atoms with Gasteiger partial charge in [-0.25, -0.2) is 0 Å². The molecule has 0 atom stereocenters. The van der Waals surface area contributed by atoms with Gasteiger partial charge in [0.2, 0.25) is 5.91 Å². The van der Waals surface area contributed by atoms with Gasteiger partial charge in [-0.1, -0.05) is 32.0 Å². The SMILES string of the molecule is COC(=O)CCC(=O)NCc1cc(C(C)C)ccc1C. The van der Waals surface area contributed by atoms with E-state index in [0.717, 1.165) is 11.1 Å². The summed E-state index contributed by atoms with van der Waals surface area (Å²) in [5.41, 5.74) is 3.53. The molecule has 0 aromatic heterocycles. The van der Waals surface area contributed by atoms with Crippen LogP contribution < -0.4 is 5.32 Å². The lowest BCUT2D eigenvalue weighted by atomic mass is 9.98. The predicted molar refractivity (Wildman–Crippen MR) is 78.4 cm³/mol. The van der Waals surface area contributed by atoms with Crippen LogP contribution in [-0.4, -0.2) is 19.0 Å². The highest BCUT2D eigenvalue weighted by Gasteiger charge is 2.08. The van der Waals surface area contributed by atoms with Gasteiger partial charge in [0.05, 0.1) is 13.5 Å². The van der Waals surface area contributed by atoms with Gasteiger partial charge in [0, 0.05) is 13.0 Å². The molecule has 1 rings (SSSR count). The molecular weight excluding hydrogens is 254 g/mol. The molecule has 0 saturated heterocycles. The number of hydrogen-bond donors (Lipinski definition) is 1. The second kappa shape index (κ2) is 7.68. The van der Waals surface area contributed by atoms with E-state index in [2.05, 4.69) is 42.1 Å². The van der Waals surface area contributed by atoms with Crippen LogP contribution >= 0.6 is 0 Å². The summed E-state index contributed by atoms with van der Waals surface area (Å²) in [6.45, 7) is 6.80. The van der Waals surface area contributed by atoms with Gasteiger partial charge in [-0.05, 0) is 29.5 Å². The Labute approximate surface area is 120 Å². The Morgan fingerprint density at radius 3 is 2.55 bits per heavy atom. The van der Waals surface area contributed by atoms with Crippen LogP contribution in [0.15, 0.2) is 18.2 Å². The fraction of sp³-hybridized carbons (Fsp3) is 0.500. The Morgan fingerprint density at radius 1 is 1.25 bits per heavy atom. The molecule has 0 fully saturated rings. The van der Waals surface area contributed by atoms with Crippen molar-refractivity contribution in [1.82, 2.24) is 5.32 Å².